The van der Waals surface area contributed by atoms with Crippen LogP contribution in [0.1, 0.15) is 37.5 Å². The van der Waals surface area contributed by atoms with Crippen LogP contribution in [0.5, 0.6) is 0 Å². The van der Waals surface area contributed by atoms with Crippen molar-refractivity contribution in [2.24, 2.45) is 5.14 Å². The topological polar surface area (TPSA) is 60.2 Å². The lowest BCUT2D eigenvalue weighted by Gasteiger charge is -2.19. The number of thiol groups is 1. The van der Waals surface area contributed by atoms with Crippen LogP contribution in [0.25, 0.3) is 0 Å². The molecular formula is C12H21NO2S. The number of benzene rings is 1. The molecule has 0 aliphatic carbocycles. The van der Waals surface area contributed by atoms with E-state index in [-0.39, 0.29) is 5.41 Å². The van der Waals surface area contributed by atoms with Crippen LogP contribution in [0.15, 0.2) is 18.2 Å². The second-order valence-electron chi connectivity index (χ2n) is 4.83. The van der Waals surface area contributed by atoms with E-state index >= 15 is 0 Å². The third-order valence-corrected chi connectivity index (χ3v) is 2.37. The number of aryl methyl sites for hydroxylation is 2. The fraction of sp³-hybridized carbons (Fsp3) is 0.500. The summed E-state index contributed by atoms with van der Waals surface area (Å²) in [5.41, 5.74) is 4.47. The van der Waals surface area contributed by atoms with Gasteiger partial charge in [-0.1, -0.05) is 39.0 Å². The van der Waals surface area contributed by atoms with Gasteiger partial charge in [-0.05, 0) is 36.0 Å². The lowest BCUT2D eigenvalue weighted by atomic mass is 9.85. The fourth-order valence-electron chi connectivity index (χ4n) is 1.21. The molecule has 0 aliphatic heterocycles. The largest absolute Gasteiger partial charge is 0.231 e. The molecule has 0 amide bonds. The van der Waals surface area contributed by atoms with E-state index in [1.54, 1.807) is 0 Å². The minimum Gasteiger partial charge on any atom is -0.231 e. The maximum atomic E-state index is 8.81. The van der Waals surface area contributed by atoms with Crippen molar-refractivity contribution in [2.75, 3.05) is 0 Å². The van der Waals surface area contributed by atoms with E-state index in [4.69, 9.17) is 8.42 Å². The molecule has 3 nitrogen and oxygen atoms in total. The van der Waals surface area contributed by atoms with E-state index in [1.807, 2.05) is 0 Å². The van der Waals surface area contributed by atoms with Gasteiger partial charge in [-0.25, -0.2) is 13.6 Å². The second-order valence-corrected chi connectivity index (χ2v) is 5.41. The summed E-state index contributed by atoms with van der Waals surface area (Å²) in [6.45, 7) is 11.1. The first-order valence-electron chi connectivity index (χ1n) is 5.11. The predicted molar refractivity (Wildman–Crippen MR) is 69.1 cm³/mol. The molecule has 16 heavy (non-hydrogen) atoms. The molecule has 0 bridgehead atoms. The summed E-state index contributed by atoms with van der Waals surface area (Å²) in [7, 11) is -2.62. The summed E-state index contributed by atoms with van der Waals surface area (Å²) >= 11 is 0. The predicted octanol–water partition coefficient (Wildman–Crippen LogP) is 2.07. The van der Waals surface area contributed by atoms with Crippen molar-refractivity contribution in [2.45, 2.75) is 40.0 Å². The van der Waals surface area contributed by atoms with Gasteiger partial charge in [-0.3, -0.25) is 0 Å². The van der Waals surface area contributed by atoms with Crippen molar-refractivity contribution in [1.82, 2.24) is 0 Å². The lowest BCUT2D eigenvalue weighted by molar-refractivity contribution is 0.589. The van der Waals surface area contributed by atoms with Crippen molar-refractivity contribution in [1.29, 1.82) is 0 Å². The van der Waals surface area contributed by atoms with Crippen molar-refractivity contribution in [3.8, 4) is 0 Å². The third kappa shape index (κ3) is 5.88. The number of nitrogens with two attached hydrogens (primary N) is 1. The highest BCUT2D eigenvalue weighted by molar-refractivity contribution is 7.69. The molecule has 2 N–H and O–H groups in total. The summed E-state index contributed by atoms with van der Waals surface area (Å²) < 4.78 is 17.6. The summed E-state index contributed by atoms with van der Waals surface area (Å²) in [4.78, 5) is 0. The Morgan fingerprint density at radius 3 is 1.81 bits per heavy atom. The Morgan fingerprint density at radius 2 is 1.50 bits per heavy atom. The van der Waals surface area contributed by atoms with E-state index in [9.17, 15) is 0 Å². The average molecular weight is 243 g/mol. The van der Waals surface area contributed by atoms with Crippen molar-refractivity contribution in [3.63, 3.8) is 0 Å². The minimum absolute atomic E-state index is 0.276. The van der Waals surface area contributed by atoms with Crippen LogP contribution in [-0.4, -0.2) is 8.42 Å². The molecule has 0 heterocycles. The van der Waals surface area contributed by atoms with Gasteiger partial charge in [0, 0.05) is 0 Å². The molecule has 92 valence electrons. The quantitative estimate of drug-likeness (QED) is 0.685. The van der Waals surface area contributed by atoms with E-state index in [2.05, 4.69) is 58.0 Å². The molecule has 0 saturated heterocycles. The smallest absolute Gasteiger partial charge is 0.198 e. The molecule has 0 unspecified atom stereocenters. The first-order valence-corrected chi connectivity index (χ1v) is 6.36. The molecule has 0 saturated carbocycles. The van der Waals surface area contributed by atoms with Gasteiger partial charge in [0.1, 0.15) is 0 Å². The van der Waals surface area contributed by atoms with Gasteiger partial charge in [-0.2, -0.15) is 0 Å². The standard InChI is InChI=1S/C12H18.H3NO2S/c1-9-6-7-11(8-10(9)2)12(3,4)5;1-4(2)3/h6-8H,1-5H3;4H,(H2,1,2,3). The van der Waals surface area contributed by atoms with Crippen LogP contribution in [-0.2, 0) is 16.3 Å². The fourth-order valence-corrected chi connectivity index (χ4v) is 1.21. The molecule has 1 aromatic rings. The van der Waals surface area contributed by atoms with Crippen LogP contribution < -0.4 is 5.14 Å². The number of hydrogen-bond donors (Lipinski definition) is 2. The Morgan fingerprint density at radius 1 is 1.06 bits per heavy atom. The van der Waals surface area contributed by atoms with Crippen LogP contribution in [0.4, 0.5) is 0 Å². The number of hydrogen-bond acceptors (Lipinski definition) is 2. The van der Waals surface area contributed by atoms with Crippen LogP contribution in [0.3, 0.4) is 0 Å². The van der Waals surface area contributed by atoms with Gasteiger partial charge in [0.05, 0.1) is 0 Å². The third-order valence-electron chi connectivity index (χ3n) is 2.37. The van der Waals surface area contributed by atoms with Crippen LogP contribution in [0, 0.1) is 13.8 Å². The van der Waals surface area contributed by atoms with E-state index in [1.165, 1.54) is 16.7 Å². The van der Waals surface area contributed by atoms with E-state index in [0.29, 0.717) is 0 Å². The SMILES string of the molecule is Cc1ccc(C(C)(C)C)cc1C.N[SH](=O)=O. The molecule has 0 radical (unpaired) electrons. The van der Waals surface area contributed by atoms with Gasteiger partial charge >= 0.3 is 0 Å². The zero-order valence-corrected chi connectivity index (χ0v) is 11.5. The normalized spacial score (nSPS) is 10.9. The zero-order valence-electron chi connectivity index (χ0n) is 10.6. The van der Waals surface area contributed by atoms with Crippen molar-refractivity contribution in [3.05, 3.63) is 34.9 Å². The van der Waals surface area contributed by atoms with Gasteiger partial charge in [0.25, 0.3) is 0 Å². The number of rotatable bonds is 0. The van der Waals surface area contributed by atoms with Crippen LogP contribution in [0.2, 0.25) is 0 Å². The van der Waals surface area contributed by atoms with Crippen molar-refractivity contribution < 1.29 is 8.42 Å². The highest BCUT2D eigenvalue weighted by atomic mass is 32.2. The Hall–Kier alpha value is -0.870. The average Bonchev–Trinajstić information content (AvgIpc) is 2.06. The monoisotopic (exact) mass is 243 g/mol. The second kappa shape index (κ2) is 6.01. The minimum atomic E-state index is -2.62. The van der Waals surface area contributed by atoms with Crippen molar-refractivity contribution >= 4 is 10.9 Å². The first kappa shape index (κ1) is 15.1. The molecular weight excluding hydrogens is 222 g/mol. The molecule has 1 rings (SSSR count). The Labute approximate surface area is 99.8 Å². The molecule has 4 heteroatoms. The van der Waals surface area contributed by atoms with E-state index in [0.717, 1.165) is 0 Å². The zero-order chi connectivity index (χ0) is 12.9. The molecule has 1 aromatic carbocycles. The summed E-state index contributed by atoms with van der Waals surface area (Å²) in [6.07, 6.45) is 0. The molecule has 0 aromatic heterocycles. The van der Waals surface area contributed by atoms with Gasteiger partial charge in [0.15, 0.2) is 10.9 Å². The Kier molecular flexibility index (Phi) is 5.68. The first-order chi connectivity index (χ1) is 7.14. The van der Waals surface area contributed by atoms with Gasteiger partial charge < -0.3 is 0 Å². The highest BCUT2D eigenvalue weighted by Crippen LogP contribution is 2.23. The maximum Gasteiger partial charge on any atom is 0.198 e. The summed E-state index contributed by atoms with van der Waals surface area (Å²) in [5, 5.41) is 4.06. The Bertz CT molecular complexity index is 410. The molecule has 0 atom stereocenters. The molecule has 0 aliphatic rings. The summed E-state index contributed by atoms with van der Waals surface area (Å²) in [6, 6.07) is 6.72. The van der Waals surface area contributed by atoms with Gasteiger partial charge in [-0.15, -0.1) is 0 Å². The lowest BCUT2D eigenvalue weighted by Crippen LogP contribution is -2.11. The van der Waals surface area contributed by atoms with Crippen LogP contribution >= 0.6 is 0 Å². The molecule has 0 fully saturated rings. The molecule has 0 spiro atoms. The Balaban J connectivity index is 0.000000487. The summed E-state index contributed by atoms with van der Waals surface area (Å²) in [5.74, 6) is 0. The van der Waals surface area contributed by atoms with Gasteiger partial charge in [0.2, 0.25) is 0 Å². The maximum absolute atomic E-state index is 8.81. The highest BCUT2D eigenvalue weighted by Gasteiger charge is 2.13. The van der Waals surface area contributed by atoms with E-state index < -0.39 is 10.9 Å².